The molecule has 0 atom stereocenters. The largest absolute Gasteiger partial charge is 0.444 e. The van der Waals surface area contributed by atoms with Crippen molar-refractivity contribution in [1.29, 1.82) is 5.26 Å². The number of halogens is 2. The van der Waals surface area contributed by atoms with E-state index in [9.17, 15) is 4.39 Å². The van der Waals surface area contributed by atoms with Crippen LogP contribution < -0.4 is 0 Å². The Morgan fingerprint density at radius 1 is 1.15 bits per heavy atom. The minimum Gasteiger partial charge on any atom is -0.444 e. The molecule has 0 saturated heterocycles. The second-order valence-corrected chi connectivity index (χ2v) is 5.61. The number of rotatable bonds is 2. The summed E-state index contributed by atoms with van der Waals surface area (Å²) < 4.78 is 21.5. The van der Waals surface area contributed by atoms with E-state index in [-0.39, 0.29) is 0 Å². The standard InChI is InChI=1S/C18H9ClFN3O.C2H6/c19-13-5-6-14(15(20)9-13)16-18-23(7-8-24-18)17(22-16)12-3-1-11(10-21)2-4-12;1-2/h1-9H;1-2H3. The Balaban J connectivity index is 0.000000948. The zero-order chi connectivity index (χ0) is 18.7. The maximum absolute atomic E-state index is 14.3. The van der Waals surface area contributed by atoms with E-state index in [1.807, 2.05) is 13.8 Å². The van der Waals surface area contributed by atoms with Crippen molar-refractivity contribution in [2.24, 2.45) is 0 Å². The monoisotopic (exact) mass is 367 g/mol. The van der Waals surface area contributed by atoms with Crippen LogP contribution in [0.2, 0.25) is 5.02 Å². The molecule has 2 aromatic carbocycles. The van der Waals surface area contributed by atoms with Crippen LogP contribution in [0.15, 0.2) is 59.3 Å². The van der Waals surface area contributed by atoms with Gasteiger partial charge in [0.1, 0.15) is 23.6 Å². The average molecular weight is 368 g/mol. The van der Waals surface area contributed by atoms with Crippen LogP contribution in [0, 0.1) is 17.1 Å². The molecule has 2 heterocycles. The molecule has 0 unspecified atom stereocenters. The van der Waals surface area contributed by atoms with Crippen molar-refractivity contribution in [2.75, 3.05) is 0 Å². The van der Waals surface area contributed by atoms with E-state index in [4.69, 9.17) is 21.3 Å². The van der Waals surface area contributed by atoms with Gasteiger partial charge in [0.05, 0.1) is 11.6 Å². The number of benzene rings is 2. The van der Waals surface area contributed by atoms with Crippen molar-refractivity contribution >= 4 is 17.3 Å². The third kappa shape index (κ3) is 3.07. The fourth-order valence-corrected chi connectivity index (χ4v) is 2.74. The van der Waals surface area contributed by atoms with Crippen molar-refractivity contribution in [2.45, 2.75) is 13.8 Å². The molecule has 0 N–H and O–H groups in total. The maximum atomic E-state index is 14.3. The van der Waals surface area contributed by atoms with Crippen LogP contribution in [0.4, 0.5) is 4.39 Å². The first-order valence-corrected chi connectivity index (χ1v) is 8.46. The lowest BCUT2D eigenvalue weighted by atomic mass is 10.1. The van der Waals surface area contributed by atoms with E-state index in [0.717, 1.165) is 5.56 Å². The number of aromatic nitrogens is 2. The molecule has 4 aromatic rings. The van der Waals surface area contributed by atoms with Crippen LogP contribution in [0.3, 0.4) is 0 Å². The fraction of sp³-hybridized carbons (Fsp3) is 0.100. The van der Waals surface area contributed by atoms with E-state index < -0.39 is 5.82 Å². The zero-order valence-electron chi connectivity index (χ0n) is 14.2. The molecule has 6 heteroatoms. The van der Waals surface area contributed by atoms with Gasteiger partial charge in [-0.15, -0.1) is 0 Å². The second kappa shape index (κ2) is 7.42. The van der Waals surface area contributed by atoms with Crippen molar-refractivity contribution < 1.29 is 8.81 Å². The summed E-state index contributed by atoms with van der Waals surface area (Å²) in [6.07, 6.45) is 3.23. The van der Waals surface area contributed by atoms with E-state index in [0.29, 0.717) is 33.4 Å². The topological polar surface area (TPSA) is 54.2 Å². The highest BCUT2D eigenvalue weighted by molar-refractivity contribution is 6.30. The summed E-state index contributed by atoms with van der Waals surface area (Å²) in [7, 11) is 0. The van der Waals surface area contributed by atoms with E-state index >= 15 is 0 Å². The van der Waals surface area contributed by atoms with E-state index in [1.54, 1.807) is 47.0 Å². The van der Waals surface area contributed by atoms with Crippen molar-refractivity contribution in [3.8, 4) is 28.7 Å². The van der Waals surface area contributed by atoms with Gasteiger partial charge < -0.3 is 4.42 Å². The first-order valence-electron chi connectivity index (χ1n) is 8.09. The first kappa shape index (κ1) is 17.7. The van der Waals surface area contributed by atoms with Crippen molar-refractivity contribution in [3.05, 3.63) is 71.3 Å². The molecule has 0 aliphatic carbocycles. The van der Waals surface area contributed by atoms with Gasteiger partial charge >= 0.3 is 0 Å². The molecule has 4 rings (SSSR count). The Labute approximate surface area is 155 Å². The molecule has 0 bridgehead atoms. The SMILES string of the molecule is CC.N#Cc1ccc(-c2nc(-c3ccc(Cl)cc3F)c3occn23)cc1. The summed E-state index contributed by atoms with van der Waals surface area (Å²) >= 11 is 5.82. The highest BCUT2D eigenvalue weighted by Crippen LogP contribution is 2.32. The lowest BCUT2D eigenvalue weighted by Crippen LogP contribution is -1.87. The summed E-state index contributed by atoms with van der Waals surface area (Å²) in [5.74, 6) is 0.137. The molecule has 0 spiro atoms. The highest BCUT2D eigenvalue weighted by atomic mass is 35.5. The van der Waals surface area contributed by atoms with Gasteiger partial charge in [-0.25, -0.2) is 9.37 Å². The average Bonchev–Trinajstić information content (AvgIpc) is 3.27. The van der Waals surface area contributed by atoms with Crippen molar-refractivity contribution in [1.82, 2.24) is 9.38 Å². The molecule has 0 amide bonds. The normalized spacial score (nSPS) is 10.3. The smallest absolute Gasteiger partial charge is 0.231 e. The molecule has 2 aromatic heterocycles. The van der Waals surface area contributed by atoms with Gasteiger partial charge in [0.15, 0.2) is 0 Å². The third-order valence-electron chi connectivity index (χ3n) is 3.72. The molecule has 0 fully saturated rings. The Kier molecular flexibility index (Phi) is 5.06. The van der Waals surface area contributed by atoms with E-state index in [1.165, 1.54) is 12.3 Å². The van der Waals surface area contributed by atoms with Crippen LogP contribution in [-0.4, -0.2) is 9.38 Å². The number of hydrogen-bond acceptors (Lipinski definition) is 3. The lowest BCUT2D eigenvalue weighted by Gasteiger charge is -2.00. The first-order chi connectivity index (χ1) is 12.7. The number of nitriles is 1. The fourth-order valence-electron chi connectivity index (χ4n) is 2.58. The van der Waals surface area contributed by atoms with Gasteiger partial charge in [-0.05, 0) is 42.5 Å². The third-order valence-corrected chi connectivity index (χ3v) is 3.95. The molecule has 26 heavy (non-hydrogen) atoms. The number of fused-ring (bicyclic) bond motifs is 1. The minimum atomic E-state index is -0.467. The van der Waals surface area contributed by atoms with Gasteiger partial charge in [-0.3, -0.25) is 4.40 Å². The number of imidazole rings is 1. The Morgan fingerprint density at radius 3 is 2.54 bits per heavy atom. The number of oxazole rings is 1. The van der Waals surface area contributed by atoms with Gasteiger partial charge in [-0.1, -0.05) is 25.4 Å². The van der Waals surface area contributed by atoms with E-state index in [2.05, 4.69) is 11.1 Å². The molecule has 0 radical (unpaired) electrons. The predicted molar refractivity (Wildman–Crippen MR) is 99.4 cm³/mol. The Hall–Kier alpha value is -3.10. The van der Waals surface area contributed by atoms with Crippen LogP contribution in [0.1, 0.15) is 19.4 Å². The summed E-state index contributed by atoms with van der Waals surface area (Å²) in [6.45, 7) is 4.00. The van der Waals surface area contributed by atoms with Gasteiger partial charge in [0.25, 0.3) is 0 Å². The molecule has 4 nitrogen and oxygen atoms in total. The molecular weight excluding hydrogens is 353 g/mol. The van der Waals surface area contributed by atoms with Gasteiger partial charge in [-0.2, -0.15) is 5.26 Å². The van der Waals surface area contributed by atoms with Crippen LogP contribution >= 0.6 is 11.6 Å². The van der Waals surface area contributed by atoms with Crippen LogP contribution in [0.25, 0.3) is 28.4 Å². The Bertz CT molecular complexity index is 1090. The molecule has 130 valence electrons. The van der Waals surface area contributed by atoms with Crippen LogP contribution in [0.5, 0.6) is 0 Å². The second-order valence-electron chi connectivity index (χ2n) is 5.18. The maximum Gasteiger partial charge on any atom is 0.231 e. The summed E-state index contributed by atoms with van der Waals surface area (Å²) in [4.78, 5) is 4.54. The number of hydrogen-bond donors (Lipinski definition) is 0. The van der Waals surface area contributed by atoms with Gasteiger partial charge in [0, 0.05) is 22.3 Å². The zero-order valence-corrected chi connectivity index (χ0v) is 15.0. The van der Waals surface area contributed by atoms with Gasteiger partial charge in [0.2, 0.25) is 5.71 Å². The van der Waals surface area contributed by atoms with Crippen LogP contribution in [-0.2, 0) is 0 Å². The molecular formula is C20H15ClFN3O. The predicted octanol–water partition coefficient (Wildman–Crippen LogP) is 5.95. The summed E-state index contributed by atoms with van der Waals surface area (Å²) in [6, 6.07) is 13.5. The molecule has 0 aliphatic heterocycles. The van der Waals surface area contributed by atoms with Crippen molar-refractivity contribution in [3.63, 3.8) is 0 Å². The summed E-state index contributed by atoms with van der Waals surface area (Å²) in [5.41, 5.74) is 2.50. The molecule has 0 aliphatic rings. The number of nitrogens with zero attached hydrogens (tertiary/aromatic N) is 3. The molecule has 0 saturated carbocycles. The Morgan fingerprint density at radius 2 is 1.88 bits per heavy atom. The lowest BCUT2D eigenvalue weighted by molar-refractivity contribution is 0.606. The highest BCUT2D eigenvalue weighted by Gasteiger charge is 2.19. The quantitative estimate of drug-likeness (QED) is 0.439. The minimum absolute atomic E-state index is 0.312. The summed E-state index contributed by atoms with van der Waals surface area (Å²) in [5, 5.41) is 9.22.